The van der Waals surface area contributed by atoms with Gasteiger partial charge in [-0.15, -0.1) is 0 Å². The van der Waals surface area contributed by atoms with Gasteiger partial charge in [0.25, 0.3) is 0 Å². The van der Waals surface area contributed by atoms with Crippen molar-refractivity contribution in [1.29, 1.82) is 0 Å². The summed E-state index contributed by atoms with van der Waals surface area (Å²) in [6, 6.07) is 0. The number of piperidine rings is 1. The molecule has 0 radical (unpaired) electrons. The van der Waals surface area contributed by atoms with Crippen LogP contribution in [0.1, 0.15) is 24.7 Å². The Hall–Kier alpha value is -1.10. The van der Waals surface area contributed by atoms with Crippen molar-refractivity contribution in [3.63, 3.8) is 0 Å². The normalized spacial score (nSPS) is 24.2. The summed E-state index contributed by atoms with van der Waals surface area (Å²) < 4.78 is 4.92. The van der Waals surface area contributed by atoms with E-state index < -0.39 is 5.69 Å². The Morgan fingerprint density at radius 2 is 2.50 bits per heavy atom. The number of aromatic amines is 1. The molecule has 2 N–H and O–H groups in total. The number of nitrogens with zero attached hydrogens (tertiary/aromatic N) is 1. The molecule has 0 saturated carbocycles. The third-order valence-corrected chi connectivity index (χ3v) is 2.10. The van der Waals surface area contributed by atoms with E-state index in [1.54, 1.807) is 0 Å². The Morgan fingerprint density at radius 1 is 1.58 bits per heavy atom. The quantitative estimate of drug-likeness (QED) is 0.612. The minimum absolute atomic E-state index is 0.262. The van der Waals surface area contributed by atoms with Gasteiger partial charge in [0.2, 0.25) is 5.89 Å². The van der Waals surface area contributed by atoms with Gasteiger partial charge >= 0.3 is 5.69 Å². The maximum atomic E-state index is 10.7. The average molecular weight is 169 g/mol. The van der Waals surface area contributed by atoms with Gasteiger partial charge in [-0.2, -0.15) is 10.1 Å². The Bertz CT molecular complexity index is 298. The molecule has 1 fully saturated rings. The smallest absolute Gasteiger partial charge is 0.362 e. The fourth-order valence-corrected chi connectivity index (χ4v) is 1.48. The molecule has 1 aliphatic rings. The molecule has 1 aromatic heterocycles. The van der Waals surface area contributed by atoms with Gasteiger partial charge in [-0.05, 0) is 19.4 Å². The summed E-state index contributed by atoms with van der Waals surface area (Å²) in [7, 11) is 0. The lowest BCUT2D eigenvalue weighted by Crippen LogP contribution is -2.28. The number of hydrogen-bond donors (Lipinski definition) is 2. The molecule has 2 rings (SSSR count). The lowest BCUT2D eigenvalue weighted by Gasteiger charge is -2.18. The Kier molecular flexibility index (Phi) is 1.95. The summed E-state index contributed by atoms with van der Waals surface area (Å²) in [5, 5.41) is 5.42. The van der Waals surface area contributed by atoms with Gasteiger partial charge in [0.15, 0.2) is 0 Å². The van der Waals surface area contributed by atoms with Crippen LogP contribution in [0.4, 0.5) is 0 Å². The number of H-pyrrole nitrogens is 1. The van der Waals surface area contributed by atoms with E-state index in [-0.39, 0.29) is 5.92 Å². The largest absolute Gasteiger partial charge is 0.377 e. The van der Waals surface area contributed by atoms with Crippen LogP contribution >= 0.6 is 0 Å². The first-order chi connectivity index (χ1) is 5.86. The highest BCUT2D eigenvalue weighted by Crippen LogP contribution is 2.19. The standard InChI is InChI=1S/C7H11N3O2/c11-7-9-6(12-10-7)5-2-1-3-8-4-5/h5,8H,1-4H2,(H,10,11). The van der Waals surface area contributed by atoms with Crippen molar-refractivity contribution in [2.24, 2.45) is 0 Å². The SMILES string of the molecule is O=c1nc(C2CCCNC2)o[nH]1. The Morgan fingerprint density at radius 3 is 3.08 bits per heavy atom. The minimum atomic E-state index is -0.393. The van der Waals surface area contributed by atoms with Gasteiger partial charge in [-0.25, -0.2) is 4.79 Å². The van der Waals surface area contributed by atoms with Crippen LogP contribution in [0.2, 0.25) is 0 Å². The zero-order valence-electron chi connectivity index (χ0n) is 6.67. The van der Waals surface area contributed by atoms with Crippen molar-refractivity contribution in [2.45, 2.75) is 18.8 Å². The average Bonchev–Trinajstić information content (AvgIpc) is 2.54. The van der Waals surface area contributed by atoms with Gasteiger partial charge in [-0.1, -0.05) is 0 Å². The zero-order chi connectivity index (χ0) is 8.39. The molecule has 0 amide bonds. The number of nitrogens with one attached hydrogen (secondary N) is 2. The van der Waals surface area contributed by atoms with Crippen molar-refractivity contribution < 1.29 is 4.52 Å². The minimum Gasteiger partial charge on any atom is -0.362 e. The van der Waals surface area contributed by atoms with Gasteiger partial charge in [-0.3, -0.25) is 0 Å². The van der Waals surface area contributed by atoms with E-state index in [4.69, 9.17) is 4.52 Å². The first-order valence-electron chi connectivity index (χ1n) is 4.12. The lowest BCUT2D eigenvalue weighted by molar-refractivity contribution is 0.320. The fourth-order valence-electron chi connectivity index (χ4n) is 1.48. The van der Waals surface area contributed by atoms with Gasteiger partial charge in [0.1, 0.15) is 0 Å². The van der Waals surface area contributed by atoms with E-state index in [0.717, 1.165) is 25.9 Å². The summed E-state index contributed by atoms with van der Waals surface area (Å²) in [6.45, 7) is 1.90. The molecule has 2 heterocycles. The molecule has 0 bridgehead atoms. The van der Waals surface area contributed by atoms with E-state index in [9.17, 15) is 4.79 Å². The summed E-state index contributed by atoms with van der Waals surface area (Å²) in [5.74, 6) is 0.796. The molecule has 0 aromatic carbocycles. The summed E-state index contributed by atoms with van der Waals surface area (Å²) in [5.41, 5.74) is -0.393. The van der Waals surface area contributed by atoms with Crippen LogP contribution in [0.5, 0.6) is 0 Å². The Labute approximate surface area is 69.1 Å². The fraction of sp³-hybridized carbons (Fsp3) is 0.714. The summed E-state index contributed by atoms with van der Waals surface area (Å²) in [4.78, 5) is 14.4. The van der Waals surface area contributed by atoms with Crippen molar-refractivity contribution in [2.75, 3.05) is 13.1 Å². The van der Waals surface area contributed by atoms with E-state index in [1.165, 1.54) is 0 Å². The molecular formula is C7H11N3O2. The van der Waals surface area contributed by atoms with Crippen LogP contribution in [0.25, 0.3) is 0 Å². The van der Waals surface area contributed by atoms with Crippen LogP contribution in [-0.2, 0) is 0 Å². The molecule has 1 aliphatic heterocycles. The molecule has 1 unspecified atom stereocenters. The summed E-state index contributed by atoms with van der Waals surface area (Å²) >= 11 is 0. The van der Waals surface area contributed by atoms with E-state index in [1.807, 2.05) is 0 Å². The molecule has 66 valence electrons. The molecule has 1 atom stereocenters. The highest BCUT2D eigenvalue weighted by molar-refractivity contribution is 4.92. The van der Waals surface area contributed by atoms with Crippen molar-refractivity contribution in [3.05, 3.63) is 16.4 Å². The first-order valence-corrected chi connectivity index (χ1v) is 4.12. The van der Waals surface area contributed by atoms with Crippen molar-refractivity contribution in [1.82, 2.24) is 15.5 Å². The third kappa shape index (κ3) is 1.40. The second-order valence-corrected chi connectivity index (χ2v) is 3.00. The molecule has 1 saturated heterocycles. The number of aromatic nitrogens is 2. The molecule has 5 nitrogen and oxygen atoms in total. The van der Waals surface area contributed by atoms with Crippen LogP contribution in [0.3, 0.4) is 0 Å². The van der Waals surface area contributed by atoms with Crippen LogP contribution in [-0.4, -0.2) is 23.2 Å². The summed E-state index contributed by atoms with van der Waals surface area (Å²) in [6.07, 6.45) is 2.15. The van der Waals surface area contributed by atoms with E-state index in [2.05, 4.69) is 15.5 Å². The molecule has 5 heteroatoms. The van der Waals surface area contributed by atoms with E-state index in [0.29, 0.717) is 5.89 Å². The third-order valence-electron chi connectivity index (χ3n) is 2.10. The number of rotatable bonds is 1. The molecular weight excluding hydrogens is 158 g/mol. The molecule has 0 spiro atoms. The van der Waals surface area contributed by atoms with Gasteiger partial charge in [0, 0.05) is 6.54 Å². The predicted molar refractivity (Wildman–Crippen MR) is 42.0 cm³/mol. The highest BCUT2D eigenvalue weighted by atomic mass is 16.5. The molecule has 1 aromatic rings. The van der Waals surface area contributed by atoms with E-state index >= 15 is 0 Å². The molecule has 12 heavy (non-hydrogen) atoms. The maximum absolute atomic E-state index is 10.7. The zero-order valence-corrected chi connectivity index (χ0v) is 6.67. The van der Waals surface area contributed by atoms with Crippen molar-refractivity contribution in [3.8, 4) is 0 Å². The van der Waals surface area contributed by atoms with Crippen LogP contribution in [0.15, 0.2) is 9.32 Å². The highest BCUT2D eigenvalue weighted by Gasteiger charge is 2.19. The monoisotopic (exact) mass is 169 g/mol. The Balaban J connectivity index is 2.13. The van der Waals surface area contributed by atoms with Crippen LogP contribution < -0.4 is 11.0 Å². The maximum Gasteiger partial charge on any atom is 0.377 e. The van der Waals surface area contributed by atoms with Gasteiger partial charge in [0.05, 0.1) is 5.92 Å². The second kappa shape index (κ2) is 3.10. The van der Waals surface area contributed by atoms with Crippen molar-refractivity contribution >= 4 is 0 Å². The lowest BCUT2D eigenvalue weighted by atomic mass is 10.00. The second-order valence-electron chi connectivity index (χ2n) is 3.00. The van der Waals surface area contributed by atoms with Gasteiger partial charge < -0.3 is 9.84 Å². The number of hydrogen-bond acceptors (Lipinski definition) is 4. The predicted octanol–water partition coefficient (Wildman–Crippen LogP) is -0.170. The van der Waals surface area contributed by atoms with Crippen LogP contribution in [0, 0.1) is 0 Å². The first kappa shape index (κ1) is 7.54. The topological polar surface area (TPSA) is 70.9 Å². The molecule has 0 aliphatic carbocycles.